The number of benzene rings is 2. The van der Waals surface area contributed by atoms with Crippen molar-refractivity contribution < 1.29 is 22.7 Å². The lowest BCUT2D eigenvalue weighted by Gasteiger charge is -2.44. The Morgan fingerprint density at radius 3 is 2.62 bits per heavy atom. The summed E-state index contributed by atoms with van der Waals surface area (Å²) in [6.07, 6.45) is 9.75. The lowest BCUT2D eigenvalue weighted by Crippen LogP contribution is -2.44. The summed E-state index contributed by atoms with van der Waals surface area (Å²) >= 11 is 6.31. The molecular formula is C31H41ClN2O5S. The molecule has 218 valence electrons. The molecule has 0 saturated heterocycles. The molecule has 0 unspecified atom stereocenters. The Kier molecular flexibility index (Phi) is 9.59. The molecule has 0 spiro atoms. The van der Waals surface area contributed by atoms with Gasteiger partial charge in [0, 0.05) is 30.8 Å². The molecule has 0 radical (unpaired) electrons. The summed E-state index contributed by atoms with van der Waals surface area (Å²) in [7, 11) is -1.90. The van der Waals surface area contributed by atoms with Crippen molar-refractivity contribution in [1.29, 1.82) is 0 Å². The number of fused-ring (bicyclic) bond motifs is 3. The smallest absolute Gasteiger partial charge is 0.264 e. The molecule has 0 aromatic heterocycles. The summed E-state index contributed by atoms with van der Waals surface area (Å²) < 4.78 is 40.0. The van der Waals surface area contributed by atoms with E-state index in [1.807, 2.05) is 31.4 Å². The molecule has 9 heteroatoms. The van der Waals surface area contributed by atoms with Crippen LogP contribution in [0, 0.1) is 11.8 Å². The van der Waals surface area contributed by atoms with Gasteiger partial charge in [0.2, 0.25) is 10.0 Å². The minimum atomic E-state index is -3.72. The maximum absolute atomic E-state index is 13.1. The number of rotatable bonds is 1. The van der Waals surface area contributed by atoms with Crippen molar-refractivity contribution in [3.8, 4) is 5.75 Å². The molecule has 40 heavy (non-hydrogen) atoms. The first-order valence-electron chi connectivity index (χ1n) is 14.7. The Bertz CT molecular complexity index is 1300. The predicted molar refractivity (Wildman–Crippen MR) is 159 cm³/mol. The minimum Gasteiger partial charge on any atom is -0.487 e. The van der Waals surface area contributed by atoms with Crippen LogP contribution in [0.15, 0.2) is 36.4 Å². The topological polar surface area (TPSA) is 84.9 Å². The Balaban J connectivity index is 1.50. The number of carbonyl (C=O) groups excluding carboxylic acids is 1. The number of nitrogens with zero attached hydrogens (tertiary/aromatic N) is 1. The van der Waals surface area contributed by atoms with E-state index in [0.717, 1.165) is 87.2 Å². The van der Waals surface area contributed by atoms with Crippen LogP contribution in [0.2, 0.25) is 5.02 Å². The molecule has 7 nitrogen and oxygen atoms in total. The lowest BCUT2D eigenvalue weighted by atomic mass is 9.69. The van der Waals surface area contributed by atoms with Crippen LogP contribution in [0.4, 0.5) is 5.69 Å². The van der Waals surface area contributed by atoms with Crippen LogP contribution in [-0.4, -0.2) is 46.4 Å². The van der Waals surface area contributed by atoms with Crippen LogP contribution in [0.3, 0.4) is 0 Å². The average Bonchev–Trinajstić information content (AvgIpc) is 2.94. The third-order valence-electron chi connectivity index (χ3n) is 8.85. The van der Waals surface area contributed by atoms with Gasteiger partial charge >= 0.3 is 0 Å². The van der Waals surface area contributed by atoms with Gasteiger partial charge in [-0.15, -0.1) is 0 Å². The van der Waals surface area contributed by atoms with E-state index in [1.165, 1.54) is 5.56 Å². The van der Waals surface area contributed by atoms with Gasteiger partial charge in [-0.3, -0.25) is 4.79 Å². The number of anilines is 1. The van der Waals surface area contributed by atoms with E-state index < -0.39 is 15.9 Å². The Morgan fingerprint density at radius 2 is 1.82 bits per heavy atom. The molecule has 2 bridgehead atoms. The predicted octanol–water partition coefficient (Wildman–Crippen LogP) is 6.13. The molecule has 2 aromatic rings. The van der Waals surface area contributed by atoms with E-state index >= 15 is 0 Å². The van der Waals surface area contributed by atoms with E-state index in [9.17, 15) is 13.2 Å². The number of hydrogen-bond acceptors (Lipinski definition) is 6. The maximum atomic E-state index is 13.1. The number of aryl methyl sites for hydroxylation is 1. The van der Waals surface area contributed by atoms with E-state index in [1.54, 1.807) is 12.1 Å². The van der Waals surface area contributed by atoms with Crippen molar-refractivity contribution in [1.82, 2.24) is 4.72 Å². The zero-order valence-electron chi connectivity index (χ0n) is 23.4. The largest absolute Gasteiger partial charge is 0.487 e. The zero-order valence-corrected chi connectivity index (χ0v) is 24.9. The Hall–Kier alpha value is -2.29. The molecule has 2 heterocycles. The van der Waals surface area contributed by atoms with E-state index in [0.29, 0.717) is 36.2 Å². The summed E-state index contributed by atoms with van der Waals surface area (Å²) in [4.78, 5) is 15.5. The molecule has 1 fully saturated rings. The fourth-order valence-electron chi connectivity index (χ4n) is 6.42. The standard InChI is InChI=1S/C31H41ClN2O5S/c1-38-29-9-4-2-3-7-17-40(36,37)33-31(35)23-12-15-30-28(19-23)34(20-24-11-14-27(24)29)16-6-5-8-22-18-26(32)13-10-25(22)21-39-30/h10,12-13,15,18-19,24,27,29H,2-9,11,14,16-17,20-21H2,1H3,(H,33,35)/t24-,27+,29+/m0/s1. The first-order valence-corrected chi connectivity index (χ1v) is 16.7. The second-order valence-electron chi connectivity index (χ2n) is 11.5. The first kappa shape index (κ1) is 29.2. The van der Waals surface area contributed by atoms with E-state index in [2.05, 4.69) is 9.62 Å². The van der Waals surface area contributed by atoms with Crippen LogP contribution >= 0.6 is 11.6 Å². The molecule has 1 N–H and O–H groups in total. The van der Waals surface area contributed by atoms with Gasteiger partial charge in [0.25, 0.3) is 5.91 Å². The normalized spacial score (nSPS) is 26.0. The fourth-order valence-corrected chi connectivity index (χ4v) is 7.70. The molecule has 1 saturated carbocycles. The van der Waals surface area contributed by atoms with Crippen LogP contribution in [0.1, 0.15) is 79.3 Å². The van der Waals surface area contributed by atoms with Crippen molar-refractivity contribution in [2.75, 3.05) is 30.9 Å². The lowest BCUT2D eigenvalue weighted by molar-refractivity contribution is -0.0218. The summed E-state index contributed by atoms with van der Waals surface area (Å²) in [5.41, 5.74) is 3.46. The molecule has 1 amide bonds. The van der Waals surface area contributed by atoms with Gasteiger partial charge in [-0.05, 0) is 98.2 Å². The summed E-state index contributed by atoms with van der Waals surface area (Å²) in [6.45, 7) is 2.06. The molecule has 2 aliphatic heterocycles. The highest BCUT2D eigenvalue weighted by atomic mass is 35.5. The van der Waals surface area contributed by atoms with Gasteiger partial charge in [0.1, 0.15) is 12.4 Å². The number of carbonyl (C=O) groups is 1. The molecular weight excluding hydrogens is 548 g/mol. The number of halogens is 1. The summed E-state index contributed by atoms with van der Waals surface area (Å²) in [6, 6.07) is 11.2. The monoisotopic (exact) mass is 588 g/mol. The highest BCUT2D eigenvalue weighted by Crippen LogP contribution is 2.42. The molecule has 3 aliphatic rings. The molecule has 1 aliphatic carbocycles. The average molecular weight is 589 g/mol. The number of nitrogens with one attached hydrogen (secondary N) is 1. The van der Waals surface area contributed by atoms with Crippen LogP contribution in [0.25, 0.3) is 0 Å². The van der Waals surface area contributed by atoms with Crippen LogP contribution in [-0.2, 0) is 27.8 Å². The zero-order chi connectivity index (χ0) is 28.1. The van der Waals surface area contributed by atoms with Gasteiger partial charge < -0.3 is 14.4 Å². The van der Waals surface area contributed by atoms with Crippen molar-refractivity contribution in [3.05, 3.63) is 58.1 Å². The second-order valence-corrected chi connectivity index (χ2v) is 13.8. The molecule has 2 aromatic carbocycles. The summed E-state index contributed by atoms with van der Waals surface area (Å²) in [5, 5.41) is 0.727. The minimum absolute atomic E-state index is 0.0548. The quantitative estimate of drug-likeness (QED) is 0.432. The third kappa shape index (κ3) is 7.12. The van der Waals surface area contributed by atoms with Crippen molar-refractivity contribution in [2.24, 2.45) is 11.8 Å². The Morgan fingerprint density at radius 1 is 0.975 bits per heavy atom. The van der Waals surface area contributed by atoms with Crippen LogP contribution in [0.5, 0.6) is 5.75 Å². The van der Waals surface area contributed by atoms with Gasteiger partial charge in [-0.2, -0.15) is 0 Å². The van der Waals surface area contributed by atoms with Gasteiger partial charge in [0.15, 0.2) is 0 Å². The first-order chi connectivity index (χ1) is 19.3. The van der Waals surface area contributed by atoms with Gasteiger partial charge in [0.05, 0.1) is 17.5 Å². The number of hydrogen-bond donors (Lipinski definition) is 1. The van der Waals surface area contributed by atoms with Crippen molar-refractivity contribution in [3.63, 3.8) is 0 Å². The summed E-state index contributed by atoms with van der Waals surface area (Å²) in [5.74, 6) is 1.04. The van der Waals surface area contributed by atoms with Gasteiger partial charge in [-0.25, -0.2) is 13.1 Å². The molecule has 3 atom stereocenters. The van der Waals surface area contributed by atoms with Crippen LogP contribution < -0.4 is 14.4 Å². The van der Waals surface area contributed by atoms with Gasteiger partial charge in [-0.1, -0.05) is 36.9 Å². The number of sulfonamides is 1. The number of amides is 1. The number of methoxy groups -OCH3 is 1. The third-order valence-corrected chi connectivity index (χ3v) is 10.4. The molecule has 5 rings (SSSR count). The number of ether oxygens (including phenoxy) is 2. The SMILES string of the molecule is CO[C@@H]1CCCCCCS(=O)(=O)NC(=O)c2ccc3c(c2)N(CCCCc2cc(Cl)ccc2CO3)C[C@@H]2CC[C@H]21. The highest BCUT2D eigenvalue weighted by Gasteiger charge is 2.38. The van der Waals surface area contributed by atoms with Crippen molar-refractivity contribution >= 4 is 33.2 Å². The highest BCUT2D eigenvalue weighted by molar-refractivity contribution is 7.90. The van der Waals surface area contributed by atoms with E-state index in [-0.39, 0.29) is 11.9 Å². The maximum Gasteiger partial charge on any atom is 0.264 e. The Labute approximate surface area is 243 Å². The second kappa shape index (κ2) is 13.1. The van der Waals surface area contributed by atoms with E-state index in [4.69, 9.17) is 21.1 Å². The fraction of sp³-hybridized carbons (Fsp3) is 0.581. The van der Waals surface area contributed by atoms with Crippen molar-refractivity contribution in [2.45, 2.75) is 76.9 Å².